The van der Waals surface area contributed by atoms with Crippen molar-refractivity contribution in [1.29, 1.82) is 0 Å². The lowest BCUT2D eigenvalue weighted by molar-refractivity contribution is 0.283. The van der Waals surface area contributed by atoms with Gasteiger partial charge in [-0.15, -0.1) is 15.0 Å². The average Bonchev–Trinajstić information content (AvgIpc) is 3.42. The van der Waals surface area contributed by atoms with E-state index in [-0.39, 0.29) is 45.5 Å². The summed E-state index contributed by atoms with van der Waals surface area (Å²) in [6, 6.07) is 15.8. The highest BCUT2D eigenvalue weighted by molar-refractivity contribution is 5.99. The SMILES string of the molecule is CC1C=CC=C/C1=N/N(N)c1cc(C(C)(C)CC(C)(C)C)cc(Cc2cc(C(C)(C)CC(C)(C)C)cc(-n3nc4ccccc4n3)c2O)c1O. The first-order valence-corrected chi connectivity index (χ1v) is 17.7. The Morgan fingerprint density at radius 3 is 1.80 bits per heavy atom. The van der Waals surface area contributed by atoms with Crippen LogP contribution in [0, 0.1) is 16.7 Å². The number of hydrazone groups is 1. The predicted octanol–water partition coefficient (Wildman–Crippen LogP) is 9.65. The fraction of sp³-hybridized carbons (Fsp3) is 0.452. The van der Waals surface area contributed by atoms with Crippen LogP contribution in [0.5, 0.6) is 11.5 Å². The molecular formula is C42H56N6O2. The van der Waals surface area contributed by atoms with E-state index in [1.54, 1.807) is 0 Å². The van der Waals surface area contributed by atoms with Crippen molar-refractivity contribution in [3.05, 3.63) is 95.1 Å². The number of nitrogens with two attached hydrogens (primary N) is 1. The van der Waals surface area contributed by atoms with Gasteiger partial charge in [0.25, 0.3) is 0 Å². The van der Waals surface area contributed by atoms with Gasteiger partial charge in [-0.2, -0.15) is 10.2 Å². The molecule has 1 aromatic heterocycles. The lowest BCUT2D eigenvalue weighted by Gasteiger charge is -2.34. The summed E-state index contributed by atoms with van der Waals surface area (Å²) in [5, 5.41) is 39.4. The second-order valence-electron chi connectivity index (χ2n) is 17.8. The Bertz CT molecular complexity index is 1930. The van der Waals surface area contributed by atoms with E-state index in [9.17, 15) is 10.2 Å². The number of aromatic hydroxyl groups is 2. The number of phenolic OH excluding ortho intramolecular Hbond substituents is 2. The Labute approximate surface area is 298 Å². The molecule has 8 heteroatoms. The van der Waals surface area contributed by atoms with Gasteiger partial charge in [0.15, 0.2) is 0 Å². The van der Waals surface area contributed by atoms with E-state index in [0.29, 0.717) is 22.5 Å². The van der Waals surface area contributed by atoms with Crippen LogP contribution in [0.15, 0.2) is 77.9 Å². The van der Waals surface area contributed by atoms with E-state index < -0.39 is 0 Å². The van der Waals surface area contributed by atoms with Crippen LogP contribution in [0.25, 0.3) is 16.7 Å². The maximum atomic E-state index is 12.0. The molecule has 1 aliphatic carbocycles. The summed E-state index contributed by atoms with van der Waals surface area (Å²) in [6.07, 6.45) is 9.99. The molecular weight excluding hydrogens is 621 g/mol. The summed E-state index contributed by atoms with van der Waals surface area (Å²) < 4.78 is 0. The Morgan fingerprint density at radius 2 is 1.28 bits per heavy atom. The smallest absolute Gasteiger partial charge is 0.146 e. The number of hydrogen-bond acceptors (Lipinski definition) is 7. The number of rotatable bonds is 9. The molecule has 4 N–H and O–H groups in total. The first kappa shape index (κ1) is 36.8. The molecule has 50 heavy (non-hydrogen) atoms. The lowest BCUT2D eigenvalue weighted by Crippen LogP contribution is -2.29. The predicted molar refractivity (Wildman–Crippen MR) is 207 cm³/mol. The normalized spacial score (nSPS) is 16.5. The summed E-state index contributed by atoms with van der Waals surface area (Å²) in [5.41, 5.74) is 6.20. The highest BCUT2D eigenvalue weighted by Crippen LogP contribution is 2.44. The van der Waals surface area contributed by atoms with E-state index in [1.807, 2.05) is 54.6 Å². The van der Waals surface area contributed by atoms with Gasteiger partial charge < -0.3 is 10.2 Å². The molecule has 1 unspecified atom stereocenters. The minimum atomic E-state index is -0.257. The molecule has 0 amide bonds. The van der Waals surface area contributed by atoms with Crippen LogP contribution in [-0.4, -0.2) is 30.9 Å². The average molecular weight is 677 g/mol. The summed E-state index contributed by atoms with van der Waals surface area (Å²) in [6.45, 7) is 24.4. The topological polar surface area (TPSA) is 113 Å². The molecule has 1 atom stereocenters. The van der Waals surface area contributed by atoms with Gasteiger partial charge in [-0.1, -0.05) is 119 Å². The molecule has 1 aliphatic rings. The third kappa shape index (κ3) is 8.29. The fourth-order valence-electron chi connectivity index (χ4n) is 7.70. The standard InChI is InChI=1S/C42H56N6O2/c1-27-16-12-13-17-32(27)44-47(43)35-23-30(41(8,9)25-39(2,3)4)21-28(37(35)49)20-29-22-31(42(10,11)26-40(5,6)7)24-36(38(29)50)48-45-33-18-14-15-19-34(33)46-48/h12-19,21-24,27,49-50H,20,25-26,43H2,1-11H3/b44-32-. The Morgan fingerprint density at radius 1 is 0.760 bits per heavy atom. The van der Waals surface area contributed by atoms with E-state index in [4.69, 9.17) is 21.1 Å². The van der Waals surface area contributed by atoms with Gasteiger partial charge in [-0.05, 0) is 76.0 Å². The Kier molecular flexibility index (Phi) is 9.85. The van der Waals surface area contributed by atoms with E-state index in [1.165, 1.54) is 9.91 Å². The van der Waals surface area contributed by atoms with Gasteiger partial charge in [0.05, 0.1) is 5.71 Å². The van der Waals surface area contributed by atoms with Crippen LogP contribution >= 0.6 is 0 Å². The van der Waals surface area contributed by atoms with Crippen LogP contribution < -0.4 is 11.0 Å². The summed E-state index contributed by atoms with van der Waals surface area (Å²) >= 11 is 0. The molecule has 1 heterocycles. The van der Waals surface area contributed by atoms with Gasteiger partial charge in [-0.3, -0.25) is 0 Å². The second-order valence-corrected chi connectivity index (χ2v) is 17.8. The molecule has 0 aliphatic heterocycles. The number of allylic oxidation sites excluding steroid dienone is 4. The highest BCUT2D eigenvalue weighted by Gasteiger charge is 2.32. The molecule has 0 saturated heterocycles. The van der Waals surface area contributed by atoms with E-state index >= 15 is 0 Å². The van der Waals surface area contributed by atoms with Gasteiger partial charge in [0, 0.05) is 23.5 Å². The monoisotopic (exact) mass is 676 g/mol. The van der Waals surface area contributed by atoms with Crippen LogP contribution in [-0.2, 0) is 17.3 Å². The van der Waals surface area contributed by atoms with Crippen LogP contribution in [0.1, 0.15) is 111 Å². The third-order valence-electron chi connectivity index (χ3n) is 9.44. The summed E-state index contributed by atoms with van der Waals surface area (Å²) in [4.78, 5) is 1.53. The first-order valence-electron chi connectivity index (χ1n) is 17.7. The number of hydrazine groups is 1. The van der Waals surface area contributed by atoms with Crippen molar-refractivity contribution < 1.29 is 10.2 Å². The van der Waals surface area contributed by atoms with Crippen molar-refractivity contribution in [1.82, 2.24) is 15.0 Å². The van der Waals surface area contributed by atoms with Crippen LogP contribution in [0.2, 0.25) is 0 Å². The highest BCUT2D eigenvalue weighted by atomic mass is 16.3. The van der Waals surface area contributed by atoms with Crippen LogP contribution in [0.4, 0.5) is 5.69 Å². The van der Waals surface area contributed by atoms with Crippen LogP contribution in [0.3, 0.4) is 0 Å². The van der Waals surface area contributed by atoms with Crippen molar-refractivity contribution in [3.8, 4) is 17.2 Å². The molecule has 0 fully saturated rings. The number of nitrogens with zero attached hydrogens (tertiary/aromatic N) is 5. The number of aromatic nitrogens is 3. The number of benzene rings is 3. The van der Waals surface area contributed by atoms with E-state index in [0.717, 1.165) is 40.7 Å². The van der Waals surface area contributed by atoms with Gasteiger partial charge >= 0.3 is 0 Å². The van der Waals surface area contributed by atoms with Gasteiger partial charge in [-0.25, -0.2) is 5.84 Å². The Hall–Kier alpha value is -4.43. The van der Waals surface area contributed by atoms with Crippen molar-refractivity contribution in [2.45, 2.75) is 106 Å². The van der Waals surface area contributed by atoms with Crippen molar-refractivity contribution in [2.24, 2.45) is 27.7 Å². The van der Waals surface area contributed by atoms with Crippen molar-refractivity contribution in [3.63, 3.8) is 0 Å². The number of hydrogen-bond donors (Lipinski definition) is 3. The van der Waals surface area contributed by atoms with Crippen molar-refractivity contribution >= 4 is 22.4 Å². The molecule has 0 radical (unpaired) electrons. The minimum Gasteiger partial charge on any atom is -0.505 e. The largest absolute Gasteiger partial charge is 0.505 e. The molecule has 5 rings (SSSR count). The van der Waals surface area contributed by atoms with E-state index in [2.05, 4.69) is 94.4 Å². The van der Waals surface area contributed by atoms with Gasteiger partial charge in [0.2, 0.25) is 0 Å². The second kappa shape index (κ2) is 13.4. The van der Waals surface area contributed by atoms with Crippen molar-refractivity contribution in [2.75, 3.05) is 5.12 Å². The molecule has 3 aromatic carbocycles. The molecule has 0 spiro atoms. The molecule has 266 valence electrons. The molecule has 0 bridgehead atoms. The minimum absolute atomic E-state index is 0.0263. The Balaban J connectivity index is 1.70. The number of phenols is 2. The zero-order valence-electron chi connectivity index (χ0n) is 31.8. The lowest BCUT2D eigenvalue weighted by atomic mass is 9.71. The maximum absolute atomic E-state index is 12.0. The first-order chi connectivity index (χ1) is 23.1. The quantitative estimate of drug-likeness (QED) is 0.120. The third-order valence-corrected chi connectivity index (χ3v) is 9.44. The molecule has 4 aromatic rings. The fourth-order valence-corrected chi connectivity index (χ4v) is 7.70. The summed E-state index contributed by atoms with van der Waals surface area (Å²) in [5.74, 6) is 6.83. The number of anilines is 1. The summed E-state index contributed by atoms with van der Waals surface area (Å²) in [7, 11) is 0. The zero-order chi connectivity index (χ0) is 36.8. The van der Waals surface area contributed by atoms with Gasteiger partial charge in [0.1, 0.15) is 33.9 Å². The maximum Gasteiger partial charge on any atom is 0.146 e. The zero-order valence-corrected chi connectivity index (χ0v) is 31.8. The molecule has 8 nitrogen and oxygen atoms in total. The molecule has 0 saturated carbocycles. The number of fused-ring (bicyclic) bond motifs is 1.